The number of piperidine rings is 1. The quantitative estimate of drug-likeness (QED) is 0.268. The van der Waals surface area contributed by atoms with Crippen LogP contribution in [0.5, 0.6) is 0 Å². The molecular formula is C26H44F3N5O4. The van der Waals surface area contributed by atoms with Gasteiger partial charge in [0.2, 0.25) is 17.7 Å². The molecule has 2 aliphatic rings. The predicted octanol–water partition coefficient (Wildman–Crippen LogP) is 2.36. The molecule has 5 N–H and O–H groups in total. The van der Waals surface area contributed by atoms with Crippen LogP contribution in [0.1, 0.15) is 80.6 Å². The molecule has 0 spiro atoms. The van der Waals surface area contributed by atoms with Gasteiger partial charge in [0.1, 0.15) is 12.1 Å². The molecule has 38 heavy (non-hydrogen) atoms. The topological polar surface area (TPSA) is 128 Å². The number of amides is 4. The molecule has 1 saturated heterocycles. The molecule has 0 aromatic heterocycles. The molecule has 1 heterocycles. The zero-order valence-corrected chi connectivity index (χ0v) is 23.7. The van der Waals surface area contributed by atoms with Crippen LogP contribution in [-0.4, -0.2) is 60.6 Å². The molecule has 0 bridgehead atoms. The monoisotopic (exact) mass is 547 g/mol. The fourth-order valence-electron chi connectivity index (χ4n) is 4.83. The Kier molecular flexibility index (Phi) is 9.55. The van der Waals surface area contributed by atoms with Crippen molar-refractivity contribution < 1.29 is 32.3 Å². The summed E-state index contributed by atoms with van der Waals surface area (Å²) in [6.07, 6.45) is -2.78. The van der Waals surface area contributed by atoms with Crippen molar-refractivity contribution >= 4 is 23.6 Å². The summed E-state index contributed by atoms with van der Waals surface area (Å²) in [5, 5.41) is 13.2. The molecule has 5 atom stereocenters. The highest BCUT2D eigenvalue weighted by Crippen LogP contribution is 2.54. The highest BCUT2D eigenvalue weighted by molar-refractivity contribution is 5.93. The highest BCUT2D eigenvalue weighted by atomic mass is 19.4. The second-order valence-corrected chi connectivity index (χ2v) is 13.2. The highest BCUT2D eigenvalue weighted by Gasteiger charge is 2.48. The van der Waals surface area contributed by atoms with Crippen LogP contribution in [0.2, 0.25) is 0 Å². The molecule has 1 unspecified atom stereocenters. The van der Waals surface area contributed by atoms with Gasteiger partial charge in [-0.3, -0.25) is 19.2 Å². The number of hydrogen-bond acceptors (Lipinski definition) is 5. The zero-order chi connectivity index (χ0) is 29.3. The SMILES string of the molecule is CN[C@H](C[C@@H]1CCC(C)(C)NC1=O)NC(=O)[C@H](CC1CC1(C)C)NC(=O)[C@@H](NC(=O)C(F)(F)F)C(C)(C)C. The summed E-state index contributed by atoms with van der Waals surface area (Å²) in [6.45, 7) is 12.6. The summed E-state index contributed by atoms with van der Waals surface area (Å²) in [7, 11) is 1.65. The Morgan fingerprint density at radius 2 is 1.58 bits per heavy atom. The first-order valence-electron chi connectivity index (χ1n) is 13.1. The van der Waals surface area contributed by atoms with Gasteiger partial charge in [0.05, 0.1) is 6.17 Å². The van der Waals surface area contributed by atoms with E-state index in [4.69, 9.17) is 0 Å². The molecule has 9 nitrogen and oxygen atoms in total. The van der Waals surface area contributed by atoms with Gasteiger partial charge in [-0.15, -0.1) is 0 Å². The van der Waals surface area contributed by atoms with Gasteiger partial charge >= 0.3 is 12.1 Å². The van der Waals surface area contributed by atoms with Crippen molar-refractivity contribution in [2.75, 3.05) is 7.05 Å². The lowest BCUT2D eigenvalue weighted by molar-refractivity contribution is -0.175. The maximum absolute atomic E-state index is 13.4. The third-order valence-corrected chi connectivity index (χ3v) is 7.67. The Morgan fingerprint density at radius 1 is 1.00 bits per heavy atom. The molecule has 0 radical (unpaired) electrons. The first-order valence-corrected chi connectivity index (χ1v) is 13.1. The first kappa shape index (κ1) is 31.8. The Morgan fingerprint density at radius 3 is 2.03 bits per heavy atom. The maximum atomic E-state index is 13.4. The van der Waals surface area contributed by atoms with Crippen molar-refractivity contribution in [2.45, 2.75) is 111 Å². The number of carbonyl (C=O) groups excluding carboxylic acids is 4. The van der Waals surface area contributed by atoms with Gasteiger partial charge in [0.25, 0.3) is 0 Å². The molecule has 2 rings (SSSR count). The summed E-state index contributed by atoms with van der Waals surface area (Å²) in [5.41, 5.74) is -1.36. The molecule has 4 amide bonds. The Bertz CT molecular complexity index is 914. The Balaban J connectivity index is 2.15. The van der Waals surface area contributed by atoms with Crippen LogP contribution in [0.25, 0.3) is 0 Å². The van der Waals surface area contributed by atoms with Crippen molar-refractivity contribution in [3.8, 4) is 0 Å². The second-order valence-electron chi connectivity index (χ2n) is 13.2. The largest absolute Gasteiger partial charge is 0.471 e. The standard InChI is InChI=1S/C26H44F3N5O4/c1-23(2,3)18(33-22(38)26(27,28)29)21(37)31-16(12-15-13-24(15,4)5)20(36)32-17(30-8)11-14-9-10-25(6,7)34-19(14)35/h14-18,30H,9-13H2,1-8H3,(H,31,37)(H,32,36)(H,33,38)(H,34,35)/t14-,15?,16-,17-,18+/m0/s1. The van der Waals surface area contributed by atoms with E-state index < -0.39 is 47.6 Å². The van der Waals surface area contributed by atoms with Crippen molar-refractivity contribution in [1.29, 1.82) is 0 Å². The third kappa shape index (κ3) is 8.84. The summed E-state index contributed by atoms with van der Waals surface area (Å²) in [4.78, 5) is 50.7. The normalized spacial score (nSPS) is 24.9. The number of halogens is 3. The van der Waals surface area contributed by atoms with Crippen molar-refractivity contribution in [3.63, 3.8) is 0 Å². The van der Waals surface area contributed by atoms with Crippen LogP contribution in [-0.2, 0) is 19.2 Å². The van der Waals surface area contributed by atoms with Gasteiger partial charge in [-0.05, 0) is 69.7 Å². The van der Waals surface area contributed by atoms with E-state index in [1.54, 1.807) is 12.4 Å². The van der Waals surface area contributed by atoms with Crippen LogP contribution in [0, 0.1) is 22.7 Å². The smallest absolute Gasteiger partial charge is 0.351 e. The van der Waals surface area contributed by atoms with Crippen LogP contribution in [0.4, 0.5) is 13.2 Å². The van der Waals surface area contributed by atoms with Crippen molar-refractivity contribution in [3.05, 3.63) is 0 Å². The van der Waals surface area contributed by atoms with E-state index >= 15 is 0 Å². The van der Waals surface area contributed by atoms with Gasteiger partial charge in [-0.2, -0.15) is 13.2 Å². The minimum absolute atomic E-state index is 0.0212. The number of carbonyl (C=O) groups is 4. The van der Waals surface area contributed by atoms with Gasteiger partial charge < -0.3 is 26.6 Å². The average Bonchev–Trinajstić information content (AvgIpc) is 3.35. The minimum Gasteiger partial charge on any atom is -0.351 e. The molecule has 1 aliphatic heterocycles. The van der Waals surface area contributed by atoms with Crippen molar-refractivity contribution in [2.24, 2.45) is 22.7 Å². The van der Waals surface area contributed by atoms with Gasteiger partial charge in [0.15, 0.2) is 0 Å². The summed E-state index contributed by atoms with van der Waals surface area (Å²) in [6, 6.07) is -2.55. The molecule has 1 saturated carbocycles. The number of nitrogens with one attached hydrogen (secondary N) is 5. The van der Waals surface area contributed by atoms with E-state index in [-0.39, 0.29) is 28.7 Å². The maximum Gasteiger partial charge on any atom is 0.471 e. The van der Waals surface area contributed by atoms with Crippen LogP contribution < -0.4 is 26.6 Å². The molecule has 12 heteroatoms. The second kappa shape index (κ2) is 11.4. The van der Waals surface area contributed by atoms with Gasteiger partial charge in [-0.1, -0.05) is 34.6 Å². The van der Waals surface area contributed by atoms with E-state index in [1.807, 2.05) is 27.7 Å². The fourth-order valence-corrected chi connectivity index (χ4v) is 4.83. The van der Waals surface area contributed by atoms with Crippen LogP contribution in [0.15, 0.2) is 0 Å². The van der Waals surface area contributed by atoms with E-state index in [2.05, 4.69) is 21.3 Å². The number of hydrogen-bond donors (Lipinski definition) is 5. The van der Waals surface area contributed by atoms with E-state index in [9.17, 15) is 32.3 Å². The molecule has 218 valence electrons. The first-order chi connectivity index (χ1) is 17.2. The molecule has 1 aliphatic carbocycles. The lowest BCUT2D eigenvalue weighted by Crippen LogP contribution is -2.60. The molecule has 2 fully saturated rings. The Labute approximate surface area is 223 Å². The van der Waals surface area contributed by atoms with E-state index in [0.29, 0.717) is 19.3 Å². The van der Waals surface area contributed by atoms with Crippen molar-refractivity contribution in [1.82, 2.24) is 26.6 Å². The Hall–Kier alpha value is -2.37. The number of rotatable bonds is 10. The third-order valence-electron chi connectivity index (χ3n) is 7.67. The van der Waals surface area contributed by atoms with E-state index in [1.165, 1.54) is 20.8 Å². The van der Waals surface area contributed by atoms with Crippen LogP contribution in [0.3, 0.4) is 0 Å². The molecule has 0 aromatic carbocycles. The van der Waals surface area contributed by atoms with Gasteiger partial charge in [-0.25, -0.2) is 0 Å². The van der Waals surface area contributed by atoms with Gasteiger partial charge in [0, 0.05) is 11.5 Å². The zero-order valence-electron chi connectivity index (χ0n) is 23.7. The average molecular weight is 548 g/mol. The van der Waals surface area contributed by atoms with E-state index in [0.717, 1.165) is 12.8 Å². The number of alkyl halides is 3. The van der Waals surface area contributed by atoms with Crippen LogP contribution >= 0.6 is 0 Å². The lowest BCUT2D eigenvalue weighted by atomic mass is 9.84. The summed E-state index contributed by atoms with van der Waals surface area (Å²) < 4.78 is 38.8. The molecule has 0 aromatic rings. The minimum atomic E-state index is -5.15. The predicted molar refractivity (Wildman–Crippen MR) is 136 cm³/mol. The summed E-state index contributed by atoms with van der Waals surface area (Å²) in [5.74, 6) is -3.86. The summed E-state index contributed by atoms with van der Waals surface area (Å²) >= 11 is 0. The lowest BCUT2D eigenvalue weighted by Gasteiger charge is -2.36. The fraction of sp³-hybridized carbons (Fsp3) is 0.846. The molecular weight excluding hydrogens is 503 g/mol.